The second-order valence-electron chi connectivity index (χ2n) is 11.1. The van der Waals surface area contributed by atoms with E-state index in [2.05, 4.69) is 38.6 Å². The number of rotatable bonds is 4. The van der Waals surface area contributed by atoms with Gasteiger partial charge in [0.1, 0.15) is 17.2 Å². The zero-order valence-electron chi connectivity index (χ0n) is 22.0. The van der Waals surface area contributed by atoms with Crippen molar-refractivity contribution in [2.45, 2.75) is 64.6 Å². The van der Waals surface area contributed by atoms with Crippen LogP contribution in [0.2, 0.25) is 0 Å². The number of aromatic nitrogens is 3. The molecule has 2 saturated heterocycles. The Bertz CT molecular complexity index is 1310. The summed E-state index contributed by atoms with van der Waals surface area (Å²) in [6, 6.07) is 8.22. The van der Waals surface area contributed by atoms with Gasteiger partial charge in [0.2, 0.25) is 0 Å². The van der Waals surface area contributed by atoms with Crippen LogP contribution in [-0.4, -0.2) is 63.0 Å². The molecule has 10 heteroatoms. The lowest BCUT2D eigenvalue weighted by Gasteiger charge is -2.56. The fraction of sp³-hybridized carbons (Fsp3) is 0.519. The van der Waals surface area contributed by atoms with E-state index in [4.69, 9.17) is 14.5 Å². The maximum Gasteiger partial charge on any atom is 0.410 e. The van der Waals surface area contributed by atoms with Gasteiger partial charge < -0.3 is 19.3 Å². The van der Waals surface area contributed by atoms with E-state index >= 15 is 0 Å². The van der Waals surface area contributed by atoms with Crippen LogP contribution in [0.1, 0.15) is 52.5 Å². The first-order valence-corrected chi connectivity index (χ1v) is 13.1. The Balaban J connectivity index is 1.08. The molecule has 1 N–H and O–H groups in total. The van der Waals surface area contributed by atoms with E-state index in [1.807, 2.05) is 55.6 Å². The molecule has 10 nitrogen and oxygen atoms in total. The number of piperidine rings is 1. The number of nitrogens with zero attached hydrogens (tertiary/aromatic N) is 6. The van der Waals surface area contributed by atoms with Crippen molar-refractivity contribution in [1.29, 1.82) is 0 Å². The number of hydrazine groups is 1. The Morgan fingerprint density at radius 1 is 1.11 bits per heavy atom. The van der Waals surface area contributed by atoms with E-state index in [0.717, 1.165) is 73.0 Å². The van der Waals surface area contributed by atoms with Crippen molar-refractivity contribution in [3.05, 3.63) is 42.2 Å². The van der Waals surface area contributed by atoms with Crippen molar-refractivity contribution in [3.63, 3.8) is 0 Å². The van der Waals surface area contributed by atoms with Crippen molar-refractivity contribution < 1.29 is 14.3 Å². The van der Waals surface area contributed by atoms with Gasteiger partial charge in [-0.25, -0.2) is 14.3 Å². The number of hydrogen-bond donors (Lipinski definition) is 1. The first kappa shape index (κ1) is 23.7. The van der Waals surface area contributed by atoms with Crippen LogP contribution in [0, 0.1) is 0 Å². The molecule has 1 amide bonds. The second kappa shape index (κ2) is 8.71. The summed E-state index contributed by atoms with van der Waals surface area (Å²) in [6.45, 7) is 11.6. The Morgan fingerprint density at radius 3 is 2.54 bits per heavy atom. The van der Waals surface area contributed by atoms with Gasteiger partial charge in [-0.15, -0.1) is 5.10 Å². The van der Waals surface area contributed by atoms with Gasteiger partial charge in [0.25, 0.3) is 0 Å². The van der Waals surface area contributed by atoms with Crippen LogP contribution >= 0.6 is 0 Å². The Hall–Kier alpha value is -3.69. The van der Waals surface area contributed by atoms with E-state index in [1.54, 1.807) is 0 Å². The number of hydrogen-bond acceptors (Lipinski definition) is 8. The second-order valence-corrected chi connectivity index (χ2v) is 11.1. The van der Waals surface area contributed by atoms with Crippen LogP contribution in [0.25, 0.3) is 5.52 Å². The van der Waals surface area contributed by atoms with Crippen LogP contribution in [0.3, 0.4) is 0 Å². The average Bonchev–Trinajstić information content (AvgIpc) is 3.40. The monoisotopic (exact) mass is 505 g/mol. The molecule has 3 aliphatic rings. The van der Waals surface area contributed by atoms with Gasteiger partial charge >= 0.3 is 6.09 Å². The predicted octanol–water partition coefficient (Wildman–Crippen LogP) is 4.45. The predicted molar refractivity (Wildman–Crippen MR) is 142 cm³/mol. The van der Waals surface area contributed by atoms with Crippen molar-refractivity contribution in [2.24, 2.45) is 0 Å². The number of fused-ring (bicyclic) bond motifs is 3. The molecule has 196 valence electrons. The molecule has 6 heterocycles. The molecule has 0 saturated carbocycles. The number of amides is 1. The summed E-state index contributed by atoms with van der Waals surface area (Å²) < 4.78 is 13.1. The molecule has 0 bridgehead atoms. The van der Waals surface area contributed by atoms with E-state index in [0.29, 0.717) is 13.2 Å². The summed E-state index contributed by atoms with van der Waals surface area (Å²) in [7, 11) is 0. The molecular weight excluding hydrogens is 470 g/mol. The van der Waals surface area contributed by atoms with Crippen molar-refractivity contribution in [3.8, 4) is 5.75 Å². The number of ether oxygens (including phenoxy) is 2. The number of pyridine rings is 2. The van der Waals surface area contributed by atoms with E-state index in [9.17, 15) is 4.79 Å². The van der Waals surface area contributed by atoms with Crippen LogP contribution < -0.4 is 20.1 Å². The number of nitrogens with one attached hydrogen (secondary N) is 1. The molecule has 0 aromatic carbocycles. The van der Waals surface area contributed by atoms with Gasteiger partial charge in [-0.2, -0.15) is 0 Å². The minimum absolute atomic E-state index is 0.0638. The summed E-state index contributed by atoms with van der Waals surface area (Å²) in [5.41, 5.74) is 6.09. The normalized spacial score (nSPS) is 18.5. The first-order valence-electron chi connectivity index (χ1n) is 13.1. The lowest BCUT2D eigenvalue weighted by Crippen LogP contribution is -2.66. The average molecular weight is 506 g/mol. The van der Waals surface area contributed by atoms with Gasteiger partial charge in [-0.05, 0) is 71.2 Å². The van der Waals surface area contributed by atoms with Gasteiger partial charge in [0.15, 0.2) is 5.82 Å². The highest BCUT2D eigenvalue weighted by Gasteiger charge is 2.50. The minimum atomic E-state index is -0.469. The Labute approximate surface area is 217 Å². The Morgan fingerprint density at radius 2 is 1.89 bits per heavy atom. The van der Waals surface area contributed by atoms with E-state index in [1.165, 1.54) is 0 Å². The summed E-state index contributed by atoms with van der Waals surface area (Å²) >= 11 is 0. The maximum atomic E-state index is 12.7. The topological polar surface area (TPSA) is 87.5 Å². The zero-order valence-corrected chi connectivity index (χ0v) is 22.0. The summed E-state index contributed by atoms with van der Waals surface area (Å²) in [5, 5.41) is 6.76. The fourth-order valence-corrected chi connectivity index (χ4v) is 5.60. The SMILES string of the molecule is CCOc1ccc2c3c(nn2c1)NN(c1ccc(N2CCC4(CC2)CCN4C(=O)OC(C)(C)C)nc1)C3. The summed E-state index contributed by atoms with van der Waals surface area (Å²) in [5.74, 6) is 2.64. The van der Waals surface area contributed by atoms with Crippen LogP contribution in [0.15, 0.2) is 36.7 Å². The molecule has 0 atom stereocenters. The molecular formula is C27H35N7O3. The molecule has 1 spiro atoms. The molecule has 3 aromatic rings. The van der Waals surface area contributed by atoms with Crippen molar-refractivity contribution in [1.82, 2.24) is 19.5 Å². The molecule has 0 unspecified atom stereocenters. The van der Waals surface area contributed by atoms with Crippen molar-refractivity contribution in [2.75, 3.05) is 41.6 Å². The zero-order chi connectivity index (χ0) is 25.8. The van der Waals surface area contributed by atoms with Crippen LogP contribution in [0.5, 0.6) is 5.75 Å². The van der Waals surface area contributed by atoms with Crippen LogP contribution in [0.4, 0.5) is 22.1 Å². The molecule has 2 fully saturated rings. The van der Waals surface area contributed by atoms with E-state index < -0.39 is 5.60 Å². The Kier molecular flexibility index (Phi) is 5.58. The third-order valence-corrected chi connectivity index (χ3v) is 7.62. The number of likely N-dealkylation sites (tertiary alicyclic amines) is 1. The quantitative estimate of drug-likeness (QED) is 0.556. The highest BCUT2D eigenvalue weighted by molar-refractivity contribution is 5.73. The lowest BCUT2D eigenvalue weighted by atomic mass is 9.76. The maximum absolute atomic E-state index is 12.7. The van der Waals surface area contributed by atoms with Gasteiger partial charge in [0.05, 0.1) is 42.3 Å². The highest BCUT2D eigenvalue weighted by atomic mass is 16.6. The lowest BCUT2D eigenvalue weighted by molar-refractivity contribution is -0.0542. The molecule has 6 rings (SSSR count). The summed E-state index contributed by atoms with van der Waals surface area (Å²) in [6.07, 6.45) is 6.56. The number of anilines is 3. The van der Waals surface area contributed by atoms with E-state index in [-0.39, 0.29) is 11.6 Å². The third kappa shape index (κ3) is 4.28. The number of carbonyl (C=O) groups excluding carboxylic acids is 1. The molecule has 3 aliphatic heterocycles. The van der Waals surface area contributed by atoms with Crippen molar-refractivity contribution >= 4 is 28.9 Å². The highest BCUT2D eigenvalue weighted by Crippen LogP contribution is 2.41. The van der Waals surface area contributed by atoms with Gasteiger partial charge in [0, 0.05) is 25.2 Å². The minimum Gasteiger partial charge on any atom is -0.492 e. The molecule has 0 radical (unpaired) electrons. The van der Waals surface area contributed by atoms with Gasteiger partial charge in [-0.3, -0.25) is 10.4 Å². The summed E-state index contributed by atoms with van der Waals surface area (Å²) in [4.78, 5) is 21.7. The molecule has 3 aromatic heterocycles. The fourth-order valence-electron chi connectivity index (χ4n) is 5.60. The molecule has 37 heavy (non-hydrogen) atoms. The van der Waals surface area contributed by atoms with Gasteiger partial charge in [-0.1, -0.05) is 0 Å². The first-order chi connectivity index (χ1) is 17.7. The number of carbonyl (C=O) groups is 1. The standard InChI is InChI=1S/C27H35N7O3/c1-5-36-20-7-8-22-21-18-33(29-24(21)30-34(22)17-20)19-6-9-23(28-16-19)31-13-10-27(11-14-31)12-15-32(27)25(35)37-26(2,3)4/h6-9,16-17H,5,10-15,18H2,1-4H3,(H,29,30). The smallest absolute Gasteiger partial charge is 0.410 e. The third-order valence-electron chi connectivity index (χ3n) is 7.62. The molecule has 0 aliphatic carbocycles. The largest absolute Gasteiger partial charge is 0.492 e. The van der Waals surface area contributed by atoms with Crippen LogP contribution in [-0.2, 0) is 11.3 Å².